The third-order valence-corrected chi connectivity index (χ3v) is 12.6. The van der Waals surface area contributed by atoms with Crippen molar-refractivity contribution in [1.82, 2.24) is 5.32 Å². The predicted molar refractivity (Wildman–Crippen MR) is 225 cm³/mol. The third-order valence-electron chi connectivity index (χ3n) is 12.6. The van der Waals surface area contributed by atoms with Crippen molar-refractivity contribution in [1.29, 1.82) is 0 Å². The number of carbonyl (C=O) groups excluding carboxylic acids is 2. The first-order valence-corrected chi connectivity index (χ1v) is 19.9. The summed E-state index contributed by atoms with van der Waals surface area (Å²) in [7, 11) is 0. The fraction of sp³-hybridized carbons (Fsp3) is 0.354. The van der Waals surface area contributed by atoms with Crippen LogP contribution in [0.25, 0.3) is 21.5 Å². The average Bonchev–Trinajstić information content (AvgIpc) is 3.60. The number of anilines is 1. The normalized spacial score (nSPS) is 22.6. The molecule has 0 saturated heterocycles. The number of amides is 1. The summed E-state index contributed by atoms with van der Waals surface area (Å²) in [6, 6.07) is 22.2. The van der Waals surface area contributed by atoms with Crippen LogP contribution in [0.3, 0.4) is 0 Å². The van der Waals surface area contributed by atoms with Crippen LogP contribution in [-0.2, 0) is 20.4 Å². The molecule has 0 fully saturated rings. The molecular formula is C48H55N4O2+. The molecule has 6 heteroatoms. The van der Waals surface area contributed by atoms with Gasteiger partial charge in [0.25, 0.3) is 0 Å². The Hall–Kier alpha value is -5.07. The SMILES string of the molecule is CCC1(CC)C2=[N+](CCC(=O)NC(N)C(=O)CCN3/C(=C/C=C/C=C/C=C/2)C(CC)(CC)c2c3ccc3cc(C)ccc23)c2ccc3cc(C)ccc3c21. The maximum Gasteiger partial charge on any atom is 0.227 e. The second-order valence-electron chi connectivity index (χ2n) is 15.3. The van der Waals surface area contributed by atoms with Crippen LogP contribution in [0.1, 0.15) is 88.5 Å². The molecule has 0 radical (unpaired) electrons. The maximum atomic E-state index is 13.7. The first-order valence-electron chi connectivity index (χ1n) is 19.9. The van der Waals surface area contributed by atoms with E-state index in [1.54, 1.807) is 0 Å². The first kappa shape index (κ1) is 37.3. The number of aryl methyl sites for hydroxylation is 2. The summed E-state index contributed by atoms with van der Waals surface area (Å²) < 4.78 is 2.32. The van der Waals surface area contributed by atoms with Crippen molar-refractivity contribution >= 4 is 50.3 Å². The molecule has 0 saturated carbocycles. The molecule has 0 spiro atoms. The molecule has 4 aromatic carbocycles. The van der Waals surface area contributed by atoms with E-state index in [9.17, 15) is 9.59 Å². The highest BCUT2D eigenvalue weighted by Gasteiger charge is 2.50. The van der Waals surface area contributed by atoms with E-state index in [2.05, 4.69) is 160 Å². The standard InChI is InChI=1S/C48H54N4O2/c1-7-47(8-2)41-16-14-12-11-13-15-17-42-48(9-3,10-4)45-37-23-19-33(6)31-35(37)21-25-39(45)52(42)29-27-43(54)50-46(49)40(53)26-28-51(41)38-24-20-34-30-32(5)18-22-36(34)44(38)47/h11-25,30-31,46H,7-10,26-29,49H2,1-6H3/p+1. The lowest BCUT2D eigenvalue weighted by atomic mass is 9.71. The van der Waals surface area contributed by atoms with Crippen molar-refractivity contribution in [3.63, 3.8) is 0 Å². The van der Waals surface area contributed by atoms with Gasteiger partial charge in [-0.15, -0.1) is 0 Å². The Labute approximate surface area is 320 Å². The zero-order valence-electron chi connectivity index (χ0n) is 32.8. The largest absolute Gasteiger partial charge is 0.343 e. The quantitative estimate of drug-likeness (QED) is 0.206. The maximum absolute atomic E-state index is 13.7. The van der Waals surface area contributed by atoms with Crippen molar-refractivity contribution < 1.29 is 14.2 Å². The Kier molecular flexibility index (Phi) is 10.3. The van der Waals surface area contributed by atoms with Crippen LogP contribution in [0, 0.1) is 13.8 Å². The number of ketones is 1. The van der Waals surface area contributed by atoms with E-state index in [1.165, 1.54) is 55.2 Å². The molecule has 4 aromatic rings. The highest BCUT2D eigenvalue weighted by atomic mass is 16.2. The molecule has 6 nitrogen and oxygen atoms in total. The fourth-order valence-corrected chi connectivity index (χ4v) is 9.68. The van der Waals surface area contributed by atoms with Gasteiger partial charge in [0, 0.05) is 47.5 Å². The molecule has 278 valence electrons. The van der Waals surface area contributed by atoms with E-state index in [-0.39, 0.29) is 35.4 Å². The molecule has 1 amide bonds. The number of nitrogens with two attached hydrogens (primary N) is 1. The van der Waals surface area contributed by atoms with Gasteiger partial charge in [-0.05, 0) is 84.8 Å². The van der Waals surface area contributed by atoms with Gasteiger partial charge in [0.05, 0.1) is 11.8 Å². The van der Waals surface area contributed by atoms with Crippen molar-refractivity contribution in [2.75, 3.05) is 18.0 Å². The molecule has 1 unspecified atom stereocenters. The zero-order chi connectivity index (χ0) is 38.2. The summed E-state index contributed by atoms with van der Waals surface area (Å²) in [5.74, 6) is -0.406. The van der Waals surface area contributed by atoms with Crippen LogP contribution in [0.2, 0.25) is 0 Å². The number of nitrogens with zero attached hydrogens (tertiary/aromatic N) is 2. The lowest BCUT2D eigenvalue weighted by Gasteiger charge is -2.32. The van der Waals surface area contributed by atoms with Gasteiger partial charge in [0.15, 0.2) is 18.0 Å². The number of fused-ring (bicyclic) bond motifs is 9. The van der Waals surface area contributed by atoms with Crippen molar-refractivity contribution in [2.24, 2.45) is 5.73 Å². The topological polar surface area (TPSA) is 78.4 Å². The fourth-order valence-electron chi connectivity index (χ4n) is 9.68. The Morgan fingerprint density at radius 1 is 0.741 bits per heavy atom. The molecule has 0 aliphatic carbocycles. The van der Waals surface area contributed by atoms with E-state index < -0.39 is 6.17 Å². The van der Waals surface area contributed by atoms with Gasteiger partial charge in [0.2, 0.25) is 11.6 Å². The number of hydrogen-bond donors (Lipinski definition) is 2. The minimum atomic E-state index is -1.08. The molecule has 0 bridgehead atoms. The second-order valence-corrected chi connectivity index (χ2v) is 15.3. The van der Waals surface area contributed by atoms with Gasteiger partial charge in [-0.1, -0.05) is 112 Å². The number of allylic oxidation sites excluding steroid dienone is 8. The van der Waals surface area contributed by atoms with Gasteiger partial charge in [-0.3, -0.25) is 9.59 Å². The van der Waals surface area contributed by atoms with Gasteiger partial charge >= 0.3 is 0 Å². The number of benzene rings is 4. The lowest BCUT2D eigenvalue weighted by Crippen LogP contribution is -2.48. The number of carbonyl (C=O) groups is 2. The average molecular weight is 720 g/mol. The first-order chi connectivity index (χ1) is 26.1. The number of hydrogen-bond acceptors (Lipinski definition) is 4. The molecule has 3 aliphatic rings. The summed E-state index contributed by atoms with van der Waals surface area (Å²) in [4.78, 5) is 29.5. The molecular weight excluding hydrogens is 665 g/mol. The van der Waals surface area contributed by atoms with Gasteiger partial charge < -0.3 is 16.0 Å². The highest BCUT2D eigenvalue weighted by molar-refractivity contribution is 6.08. The van der Waals surface area contributed by atoms with Gasteiger partial charge in [0.1, 0.15) is 6.17 Å². The Bertz CT molecular complexity index is 2300. The van der Waals surface area contributed by atoms with Crippen LogP contribution in [0.5, 0.6) is 0 Å². The molecule has 3 aliphatic heterocycles. The van der Waals surface area contributed by atoms with Crippen LogP contribution >= 0.6 is 0 Å². The number of Topliss-reactive ketones (excluding diaryl/α,β-unsaturated/α-hetero) is 1. The molecule has 1 atom stereocenters. The second kappa shape index (κ2) is 15.0. The summed E-state index contributed by atoms with van der Waals surface area (Å²) in [5.41, 5.74) is 15.8. The number of rotatable bonds is 4. The summed E-state index contributed by atoms with van der Waals surface area (Å²) in [6.07, 6.45) is 18.1. The van der Waals surface area contributed by atoms with Crippen molar-refractivity contribution in [3.8, 4) is 0 Å². The van der Waals surface area contributed by atoms with Crippen LogP contribution < -0.4 is 16.0 Å². The molecule has 0 aromatic heterocycles. The van der Waals surface area contributed by atoms with Crippen LogP contribution in [-0.4, -0.2) is 41.2 Å². The molecule has 7 rings (SSSR count). The summed E-state index contributed by atoms with van der Waals surface area (Å²) in [6.45, 7) is 14.3. The van der Waals surface area contributed by atoms with Crippen molar-refractivity contribution in [2.45, 2.75) is 97.1 Å². The highest BCUT2D eigenvalue weighted by Crippen LogP contribution is 2.55. The zero-order valence-corrected chi connectivity index (χ0v) is 32.8. The van der Waals surface area contributed by atoms with E-state index in [4.69, 9.17) is 5.73 Å². The van der Waals surface area contributed by atoms with Crippen molar-refractivity contribution in [3.05, 3.63) is 131 Å². The summed E-state index contributed by atoms with van der Waals surface area (Å²) in [5, 5.41) is 7.84. The monoisotopic (exact) mass is 719 g/mol. The number of nitrogens with one attached hydrogen (secondary N) is 1. The minimum Gasteiger partial charge on any atom is -0.343 e. The minimum absolute atomic E-state index is 0.179. The van der Waals surface area contributed by atoms with Gasteiger partial charge in [-0.25, -0.2) is 0 Å². The smallest absolute Gasteiger partial charge is 0.227 e. The Balaban J connectivity index is 1.32. The van der Waals surface area contributed by atoms with E-state index >= 15 is 0 Å². The lowest BCUT2D eigenvalue weighted by molar-refractivity contribution is -0.436. The Morgan fingerprint density at radius 2 is 1.35 bits per heavy atom. The van der Waals surface area contributed by atoms with E-state index in [0.717, 1.165) is 37.1 Å². The molecule has 3 heterocycles. The van der Waals surface area contributed by atoms with E-state index in [0.29, 0.717) is 13.1 Å². The van der Waals surface area contributed by atoms with Crippen LogP contribution in [0.15, 0.2) is 109 Å². The predicted octanol–water partition coefficient (Wildman–Crippen LogP) is 9.66. The Morgan fingerprint density at radius 3 is 2.02 bits per heavy atom. The summed E-state index contributed by atoms with van der Waals surface area (Å²) >= 11 is 0. The third kappa shape index (κ3) is 6.14. The molecule has 3 N–H and O–H groups in total. The van der Waals surface area contributed by atoms with E-state index in [1.807, 2.05) is 0 Å². The van der Waals surface area contributed by atoms with Gasteiger partial charge in [-0.2, -0.15) is 4.58 Å². The van der Waals surface area contributed by atoms with Crippen LogP contribution in [0.4, 0.5) is 11.4 Å². The molecule has 54 heavy (non-hydrogen) atoms.